The quantitative estimate of drug-likeness (QED) is 0.337. The van der Waals surface area contributed by atoms with Gasteiger partial charge < -0.3 is 44.7 Å². The molecule has 1 spiro atoms. The highest BCUT2D eigenvalue weighted by atomic mass is 16.5. The Morgan fingerprint density at radius 1 is 0.969 bits per heavy atom. The molecule has 0 amide bonds. The summed E-state index contributed by atoms with van der Waals surface area (Å²) in [5.74, 6) is -1.47. The molecule has 1 heterocycles. The molecular weight excluding hydrogens is 418 g/mol. The maximum Gasteiger partial charge on any atom is 0.120 e. The Labute approximate surface area is 188 Å². The van der Waals surface area contributed by atoms with Crippen LogP contribution in [0, 0.1) is 34.5 Å². The molecule has 1 aliphatic heterocycles. The van der Waals surface area contributed by atoms with E-state index in [9.17, 15) is 20.4 Å². The standard InChI is InChI=1S/C23H37NO8/c1-29-9-20-6-5-11(30-2)22-10-7-21(27)17(25)12(10)23(28,18(26)19(21)32-4)13(16(22)24-8-20)14(31-3)15(20)22/h10-19,24-28H,5-9H2,1-4H3/t10-,11+,12-,13?,14+,15-,16?,17-,18+,19+,20+,21-,22?,23-/m1/s1. The van der Waals surface area contributed by atoms with Crippen molar-refractivity contribution in [2.75, 3.05) is 41.6 Å². The van der Waals surface area contributed by atoms with Crippen molar-refractivity contribution >= 4 is 0 Å². The summed E-state index contributed by atoms with van der Waals surface area (Å²) >= 11 is 0. The fourth-order valence-electron chi connectivity index (χ4n) is 10.4. The van der Waals surface area contributed by atoms with Crippen LogP contribution in [0.5, 0.6) is 0 Å². The van der Waals surface area contributed by atoms with Crippen molar-refractivity contribution in [1.29, 1.82) is 0 Å². The second-order valence-electron chi connectivity index (χ2n) is 11.4. The first-order valence-corrected chi connectivity index (χ1v) is 11.9. The third kappa shape index (κ3) is 1.99. The Kier molecular flexibility index (Phi) is 4.60. The predicted octanol–water partition coefficient (Wildman–Crippen LogP) is -1.49. The Morgan fingerprint density at radius 3 is 2.34 bits per heavy atom. The van der Waals surface area contributed by atoms with Gasteiger partial charge in [0.1, 0.15) is 23.4 Å². The van der Waals surface area contributed by atoms with Crippen molar-refractivity contribution in [2.45, 2.75) is 67.0 Å². The monoisotopic (exact) mass is 455 g/mol. The van der Waals surface area contributed by atoms with Crippen LogP contribution in [0.4, 0.5) is 0 Å². The van der Waals surface area contributed by atoms with Gasteiger partial charge in [-0.3, -0.25) is 0 Å². The molecule has 32 heavy (non-hydrogen) atoms. The topological polar surface area (TPSA) is 130 Å². The number of nitrogens with one attached hydrogen (secondary N) is 1. The molecule has 5 aliphatic carbocycles. The van der Waals surface area contributed by atoms with Gasteiger partial charge in [0.2, 0.25) is 0 Å². The highest BCUT2D eigenvalue weighted by molar-refractivity contribution is 5.38. The van der Waals surface area contributed by atoms with E-state index in [4.69, 9.17) is 18.9 Å². The number of piperidine rings is 1. The van der Waals surface area contributed by atoms with Crippen LogP contribution >= 0.6 is 0 Å². The first-order chi connectivity index (χ1) is 15.2. The smallest absolute Gasteiger partial charge is 0.120 e. The lowest BCUT2D eigenvalue weighted by molar-refractivity contribution is -0.305. The molecule has 182 valence electrons. The summed E-state index contributed by atoms with van der Waals surface area (Å²) in [6, 6.07) is -0.182. The summed E-state index contributed by atoms with van der Waals surface area (Å²) in [5, 5.41) is 50.7. The van der Waals surface area contributed by atoms with Crippen molar-refractivity contribution in [3.05, 3.63) is 0 Å². The molecule has 7 bridgehead atoms. The molecule has 5 N–H and O–H groups in total. The minimum atomic E-state index is -1.67. The summed E-state index contributed by atoms with van der Waals surface area (Å²) in [4.78, 5) is 0. The van der Waals surface area contributed by atoms with Crippen LogP contribution in [0.1, 0.15) is 19.3 Å². The largest absolute Gasteiger partial charge is 0.390 e. The maximum absolute atomic E-state index is 12.4. The van der Waals surface area contributed by atoms with Gasteiger partial charge in [-0.15, -0.1) is 0 Å². The first-order valence-electron chi connectivity index (χ1n) is 11.9. The molecular formula is C23H37NO8. The van der Waals surface area contributed by atoms with Crippen molar-refractivity contribution in [1.82, 2.24) is 5.32 Å². The number of aliphatic hydroxyl groups is 4. The number of hydrogen-bond donors (Lipinski definition) is 5. The highest BCUT2D eigenvalue weighted by Crippen LogP contribution is 2.78. The lowest BCUT2D eigenvalue weighted by Crippen LogP contribution is -2.79. The lowest BCUT2D eigenvalue weighted by atomic mass is 9.43. The zero-order valence-electron chi connectivity index (χ0n) is 19.2. The fraction of sp³-hybridized carbons (Fsp3) is 1.00. The number of fused-ring (bicyclic) bond motifs is 2. The van der Waals surface area contributed by atoms with Crippen molar-refractivity contribution < 1.29 is 39.4 Å². The summed E-state index contributed by atoms with van der Waals surface area (Å²) in [5.41, 5.74) is -4.00. The molecule has 3 unspecified atom stereocenters. The van der Waals surface area contributed by atoms with E-state index in [1.54, 1.807) is 21.3 Å². The fourth-order valence-corrected chi connectivity index (χ4v) is 10.4. The van der Waals surface area contributed by atoms with Gasteiger partial charge in [0, 0.05) is 69.6 Å². The molecule has 0 radical (unpaired) electrons. The molecule has 6 rings (SSSR count). The maximum atomic E-state index is 12.4. The Hall–Kier alpha value is -0.360. The average Bonchev–Trinajstić information content (AvgIpc) is 3.11. The molecule has 0 aromatic carbocycles. The number of rotatable bonds is 5. The Bertz CT molecular complexity index is 800. The van der Waals surface area contributed by atoms with Gasteiger partial charge in [-0.1, -0.05) is 0 Å². The van der Waals surface area contributed by atoms with Crippen molar-refractivity contribution in [3.63, 3.8) is 0 Å². The molecule has 9 heteroatoms. The lowest BCUT2D eigenvalue weighted by Gasteiger charge is -2.67. The van der Waals surface area contributed by atoms with Crippen LogP contribution in [0.15, 0.2) is 0 Å². The van der Waals surface area contributed by atoms with Crippen molar-refractivity contribution in [2.24, 2.45) is 34.5 Å². The van der Waals surface area contributed by atoms with Crippen LogP contribution < -0.4 is 5.32 Å². The average molecular weight is 456 g/mol. The predicted molar refractivity (Wildman–Crippen MR) is 111 cm³/mol. The molecule has 6 aliphatic rings. The number of aliphatic hydroxyl groups excluding tert-OH is 2. The SMILES string of the molecule is COC[C@]12CC[C@H](OC)C34C(NC1)C([C@H](OC)[C@@H]32)[C@]1(O)[C@@H]2[C@H]4C[C@@](O)([C@@H]2O)[C@@H](OC)[C@@H]1O. The van der Waals surface area contributed by atoms with Gasteiger partial charge in [-0.2, -0.15) is 0 Å². The summed E-state index contributed by atoms with van der Waals surface area (Å²) in [6.07, 6.45) is -2.17. The van der Waals surface area contributed by atoms with E-state index in [2.05, 4.69) is 5.32 Å². The van der Waals surface area contributed by atoms with Gasteiger partial charge in [0.25, 0.3) is 0 Å². The molecule has 1 saturated heterocycles. The van der Waals surface area contributed by atoms with E-state index < -0.39 is 46.8 Å². The molecule has 9 nitrogen and oxygen atoms in total. The minimum Gasteiger partial charge on any atom is -0.390 e. The minimum absolute atomic E-state index is 0.00253. The summed E-state index contributed by atoms with van der Waals surface area (Å²) in [6.45, 7) is 1.28. The van der Waals surface area contributed by atoms with Crippen LogP contribution in [-0.2, 0) is 18.9 Å². The second kappa shape index (κ2) is 6.65. The van der Waals surface area contributed by atoms with E-state index >= 15 is 0 Å². The van der Waals surface area contributed by atoms with Gasteiger partial charge in [0.05, 0.1) is 24.9 Å². The third-order valence-electron chi connectivity index (χ3n) is 11.0. The van der Waals surface area contributed by atoms with E-state index in [0.29, 0.717) is 6.61 Å². The summed E-state index contributed by atoms with van der Waals surface area (Å²) < 4.78 is 23.6. The van der Waals surface area contributed by atoms with E-state index in [1.165, 1.54) is 7.11 Å². The van der Waals surface area contributed by atoms with Crippen LogP contribution in [0.25, 0.3) is 0 Å². The van der Waals surface area contributed by atoms with E-state index in [0.717, 1.165) is 19.4 Å². The van der Waals surface area contributed by atoms with Gasteiger partial charge in [0.15, 0.2) is 0 Å². The van der Waals surface area contributed by atoms with Gasteiger partial charge in [-0.25, -0.2) is 0 Å². The third-order valence-corrected chi connectivity index (χ3v) is 11.0. The zero-order chi connectivity index (χ0) is 22.8. The molecule has 0 aromatic rings. The molecule has 0 aromatic heterocycles. The number of hydrogen-bond acceptors (Lipinski definition) is 9. The first kappa shape index (κ1) is 22.1. The Morgan fingerprint density at radius 2 is 1.72 bits per heavy atom. The molecule has 14 atom stereocenters. The van der Waals surface area contributed by atoms with Crippen molar-refractivity contribution in [3.8, 4) is 0 Å². The highest BCUT2D eigenvalue weighted by Gasteiger charge is 2.89. The van der Waals surface area contributed by atoms with Crippen LogP contribution in [0.3, 0.4) is 0 Å². The Balaban J connectivity index is 1.64. The number of ether oxygens (including phenoxy) is 4. The molecule has 5 saturated carbocycles. The summed E-state index contributed by atoms with van der Waals surface area (Å²) in [7, 11) is 6.53. The number of methoxy groups -OCH3 is 4. The van der Waals surface area contributed by atoms with Crippen LogP contribution in [-0.4, -0.2) is 110 Å². The van der Waals surface area contributed by atoms with Gasteiger partial charge in [-0.05, 0) is 25.2 Å². The van der Waals surface area contributed by atoms with Crippen LogP contribution in [0.2, 0.25) is 0 Å². The normalized spacial score (nSPS) is 64.1. The molecule has 6 fully saturated rings. The van der Waals surface area contributed by atoms with E-state index in [-0.39, 0.29) is 41.9 Å². The second-order valence-corrected chi connectivity index (χ2v) is 11.4. The zero-order valence-corrected chi connectivity index (χ0v) is 19.2. The van der Waals surface area contributed by atoms with E-state index in [1.807, 2.05) is 0 Å². The van der Waals surface area contributed by atoms with Gasteiger partial charge >= 0.3 is 0 Å².